The summed E-state index contributed by atoms with van der Waals surface area (Å²) in [6.07, 6.45) is 0. The van der Waals surface area contributed by atoms with Crippen LogP contribution in [0.25, 0.3) is 0 Å². The van der Waals surface area contributed by atoms with Crippen LogP contribution in [0.15, 0.2) is 0 Å². The third kappa shape index (κ3) is 6.00. The van der Waals surface area contributed by atoms with E-state index in [4.69, 9.17) is 5.11 Å². The van der Waals surface area contributed by atoms with Crippen LogP contribution >= 0.6 is 11.8 Å². The number of amides is 2. The van der Waals surface area contributed by atoms with Crippen molar-refractivity contribution in [3.8, 4) is 0 Å². The summed E-state index contributed by atoms with van der Waals surface area (Å²) in [6, 6.07) is -1.31. The third-order valence-corrected chi connectivity index (χ3v) is 4.15. The molecule has 1 rings (SSSR count). The number of carbonyl (C=O) groups is 2. The van der Waals surface area contributed by atoms with E-state index < -0.39 is 23.5 Å². The van der Waals surface area contributed by atoms with E-state index in [1.807, 2.05) is 11.8 Å². The number of carbonyl (C=O) groups excluding carboxylic acids is 1. The maximum absolute atomic E-state index is 11.7. The average Bonchev–Trinajstić information content (AvgIpc) is 2.35. The van der Waals surface area contributed by atoms with Crippen molar-refractivity contribution in [2.75, 3.05) is 37.7 Å². The Morgan fingerprint density at radius 1 is 1.30 bits per heavy atom. The first-order valence-electron chi connectivity index (χ1n) is 6.88. The summed E-state index contributed by atoms with van der Waals surface area (Å²) < 4.78 is 0. The number of nitrogens with zero attached hydrogens (tertiary/aromatic N) is 1. The Labute approximate surface area is 124 Å². The maximum Gasteiger partial charge on any atom is 0.326 e. The first kappa shape index (κ1) is 17.1. The number of carboxylic acid groups (broad SMARTS) is 1. The van der Waals surface area contributed by atoms with Gasteiger partial charge in [0.05, 0.1) is 0 Å². The van der Waals surface area contributed by atoms with Crippen LogP contribution in [0.5, 0.6) is 0 Å². The number of carboxylic acids is 1. The highest BCUT2D eigenvalue weighted by molar-refractivity contribution is 7.99. The van der Waals surface area contributed by atoms with E-state index in [1.165, 1.54) is 0 Å². The van der Waals surface area contributed by atoms with Crippen LogP contribution < -0.4 is 10.6 Å². The van der Waals surface area contributed by atoms with Gasteiger partial charge in [-0.1, -0.05) is 20.8 Å². The van der Waals surface area contributed by atoms with Crippen LogP contribution in [0.2, 0.25) is 0 Å². The summed E-state index contributed by atoms with van der Waals surface area (Å²) in [5.74, 6) is 1.26. The molecule has 1 aliphatic heterocycles. The molecule has 1 fully saturated rings. The Morgan fingerprint density at radius 3 is 2.40 bits per heavy atom. The Morgan fingerprint density at radius 2 is 1.90 bits per heavy atom. The molecule has 20 heavy (non-hydrogen) atoms. The van der Waals surface area contributed by atoms with Gasteiger partial charge < -0.3 is 15.7 Å². The van der Waals surface area contributed by atoms with Gasteiger partial charge in [-0.15, -0.1) is 0 Å². The van der Waals surface area contributed by atoms with Crippen molar-refractivity contribution >= 4 is 23.8 Å². The van der Waals surface area contributed by atoms with Crippen LogP contribution in [0.1, 0.15) is 20.8 Å². The van der Waals surface area contributed by atoms with Gasteiger partial charge in [-0.25, -0.2) is 9.59 Å². The molecule has 0 aliphatic carbocycles. The Balaban J connectivity index is 2.29. The SMILES string of the molecule is CC(C)(C)C(NC(=O)NCCN1CCSCC1)C(=O)O. The first-order valence-corrected chi connectivity index (χ1v) is 8.03. The minimum absolute atomic E-state index is 0.418. The average molecular weight is 303 g/mol. The third-order valence-electron chi connectivity index (χ3n) is 3.21. The molecule has 7 heteroatoms. The molecule has 3 N–H and O–H groups in total. The highest BCUT2D eigenvalue weighted by Crippen LogP contribution is 2.19. The summed E-state index contributed by atoms with van der Waals surface area (Å²) in [7, 11) is 0. The van der Waals surface area contributed by atoms with E-state index in [-0.39, 0.29) is 0 Å². The van der Waals surface area contributed by atoms with Gasteiger partial charge in [-0.05, 0) is 5.41 Å². The predicted molar refractivity (Wildman–Crippen MR) is 81.2 cm³/mol. The highest BCUT2D eigenvalue weighted by Gasteiger charge is 2.32. The summed E-state index contributed by atoms with van der Waals surface area (Å²) in [5, 5.41) is 14.4. The van der Waals surface area contributed by atoms with Gasteiger partial charge in [0.25, 0.3) is 0 Å². The molecule has 0 aromatic rings. The standard InChI is InChI=1S/C13H25N3O3S/c1-13(2,3)10(11(17)18)15-12(19)14-4-5-16-6-8-20-9-7-16/h10H,4-9H2,1-3H3,(H,17,18)(H2,14,15,19). The number of nitrogens with one attached hydrogen (secondary N) is 2. The fraction of sp³-hybridized carbons (Fsp3) is 0.846. The van der Waals surface area contributed by atoms with E-state index in [0.29, 0.717) is 6.54 Å². The second kappa shape index (κ2) is 7.73. The van der Waals surface area contributed by atoms with Gasteiger partial charge in [0.1, 0.15) is 6.04 Å². The molecule has 1 saturated heterocycles. The smallest absolute Gasteiger partial charge is 0.326 e. The summed E-state index contributed by atoms with van der Waals surface area (Å²) in [6.45, 7) is 8.81. The molecule has 0 aromatic carbocycles. The topological polar surface area (TPSA) is 81.7 Å². The lowest BCUT2D eigenvalue weighted by atomic mass is 9.87. The Kier molecular flexibility index (Phi) is 6.61. The van der Waals surface area contributed by atoms with E-state index >= 15 is 0 Å². The minimum atomic E-state index is -1.01. The molecule has 1 atom stereocenters. The van der Waals surface area contributed by atoms with E-state index in [0.717, 1.165) is 31.1 Å². The van der Waals surface area contributed by atoms with Crippen molar-refractivity contribution in [3.05, 3.63) is 0 Å². The molecule has 0 spiro atoms. The molecule has 2 amide bonds. The second-order valence-corrected chi connectivity index (χ2v) is 7.22. The minimum Gasteiger partial charge on any atom is -0.480 e. The van der Waals surface area contributed by atoms with Crippen LogP contribution in [0.3, 0.4) is 0 Å². The Bertz CT molecular complexity index is 338. The highest BCUT2D eigenvalue weighted by atomic mass is 32.2. The molecule has 1 unspecified atom stereocenters. The molecule has 0 radical (unpaired) electrons. The normalized spacial score (nSPS) is 18.4. The number of aliphatic carboxylic acids is 1. The molecule has 0 aromatic heterocycles. The molecular weight excluding hydrogens is 278 g/mol. The monoisotopic (exact) mass is 303 g/mol. The Hall–Kier alpha value is -0.950. The molecule has 1 aliphatic rings. The number of rotatable bonds is 5. The van der Waals surface area contributed by atoms with Crippen molar-refractivity contribution < 1.29 is 14.7 Å². The van der Waals surface area contributed by atoms with Gasteiger partial charge in [0.2, 0.25) is 0 Å². The first-order chi connectivity index (χ1) is 9.30. The number of thioether (sulfide) groups is 1. The van der Waals surface area contributed by atoms with E-state index in [2.05, 4.69) is 15.5 Å². The van der Waals surface area contributed by atoms with Crippen LogP contribution in [0.4, 0.5) is 4.79 Å². The largest absolute Gasteiger partial charge is 0.480 e. The van der Waals surface area contributed by atoms with Gasteiger partial charge in [-0.2, -0.15) is 11.8 Å². The van der Waals surface area contributed by atoms with Crippen molar-refractivity contribution in [1.82, 2.24) is 15.5 Å². The van der Waals surface area contributed by atoms with Gasteiger partial charge >= 0.3 is 12.0 Å². The summed E-state index contributed by atoms with van der Waals surface area (Å²) in [4.78, 5) is 25.2. The fourth-order valence-corrected chi connectivity index (χ4v) is 2.96. The zero-order chi connectivity index (χ0) is 15.2. The van der Waals surface area contributed by atoms with E-state index in [1.54, 1.807) is 20.8 Å². The quantitative estimate of drug-likeness (QED) is 0.701. The van der Waals surface area contributed by atoms with Crippen molar-refractivity contribution in [2.24, 2.45) is 5.41 Å². The van der Waals surface area contributed by atoms with Gasteiger partial charge in [0, 0.05) is 37.7 Å². The second-order valence-electron chi connectivity index (χ2n) is 5.99. The molecular formula is C13H25N3O3S. The molecule has 0 bridgehead atoms. The lowest BCUT2D eigenvalue weighted by molar-refractivity contribution is -0.141. The zero-order valence-electron chi connectivity index (χ0n) is 12.4. The number of urea groups is 1. The summed E-state index contributed by atoms with van der Waals surface area (Å²) >= 11 is 1.95. The summed E-state index contributed by atoms with van der Waals surface area (Å²) in [5.41, 5.74) is -0.521. The van der Waals surface area contributed by atoms with Crippen molar-refractivity contribution in [2.45, 2.75) is 26.8 Å². The van der Waals surface area contributed by atoms with E-state index in [9.17, 15) is 9.59 Å². The molecule has 116 valence electrons. The molecule has 6 nitrogen and oxygen atoms in total. The fourth-order valence-electron chi connectivity index (χ4n) is 1.98. The molecule has 0 saturated carbocycles. The zero-order valence-corrected chi connectivity index (χ0v) is 13.3. The number of hydrogen-bond donors (Lipinski definition) is 3. The lowest BCUT2D eigenvalue weighted by Gasteiger charge is -2.28. The lowest BCUT2D eigenvalue weighted by Crippen LogP contribution is -2.53. The number of hydrogen-bond acceptors (Lipinski definition) is 4. The predicted octanol–water partition coefficient (Wildman–Crippen LogP) is 0.834. The van der Waals surface area contributed by atoms with Crippen molar-refractivity contribution in [1.29, 1.82) is 0 Å². The van der Waals surface area contributed by atoms with Crippen molar-refractivity contribution in [3.63, 3.8) is 0 Å². The van der Waals surface area contributed by atoms with Crippen LogP contribution in [0, 0.1) is 5.41 Å². The van der Waals surface area contributed by atoms with Gasteiger partial charge in [0.15, 0.2) is 0 Å². The molecule has 1 heterocycles. The van der Waals surface area contributed by atoms with Crippen LogP contribution in [-0.4, -0.2) is 65.7 Å². The van der Waals surface area contributed by atoms with Crippen LogP contribution in [-0.2, 0) is 4.79 Å². The maximum atomic E-state index is 11.7. The van der Waals surface area contributed by atoms with Gasteiger partial charge in [-0.3, -0.25) is 4.90 Å².